The van der Waals surface area contributed by atoms with E-state index in [-0.39, 0.29) is 18.0 Å². The molecule has 0 heterocycles. The molecule has 0 aromatic carbocycles. The monoisotopic (exact) mass is 196 g/mol. The van der Waals surface area contributed by atoms with E-state index in [1.165, 1.54) is 13.0 Å². The lowest BCUT2D eigenvalue weighted by molar-refractivity contribution is -0.139. The molecule has 0 aliphatic carbocycles. The smallest absolute Gasteiger partial charge is 0.341 e. The molecule has 0 amide bonds. The Bertz CT molecular complexity index is 281. The summed E-state index contributed by atoms with van der Waals surface area (Å²) in [5.74, 6) is -0.835. The second-order valence-electron chi connectivity index (χ2n) is 3.10. The lowest BCUT2D eigenvalue weighted by Gasteiger charge is -2.01. The van der Waals surface area contributed by atoms with Crippen LogP contribution in [0.15, 0.2) is 23.3 Å². The fraction of sp³-hybridized carbons (Fsp3) is 0.455. The molecule has 0 bridgehead atoms. The van der Waals surface area contributed by atoms with E-state index >= 15 is 0 Å². The van der Waals surface area contributed by atoms with Gasteiger partial charge in [0, 0.05) is 0 Å². The number of hydrogen-bond acceptors (Lipinski definition) is 3. The third-order valence-electron chi connectivity index (χ3n) is 1.46. The molecule has 0 radical (unpaired) electrons. The number of esters is 1. The van der Waals surface area contributed by atoms with Crippen LogP contribution in [0.25, 0.3) is 0 Å². The lowest BCUT2D eigenvalue weighted by atomic mass is 10.1. The van der Waals surface area contributed by atoms with Crippen LogP contribution in [0, 0.1) is 0 Å². The first-order valence-corrected chi connectivity index (χ1v) is 4.52. The van der Waals surface area contributed by atoms with Crippen LogP contribution in [-0.2, 0) is 14.3 Å². The third-order valence-corrected chi connectivity index (χ3v) is 1.46. The Labute approximate surface area is 84.4 Å². The van der Waals surface area contributed by atoms with Crippen LogP contribution in [0.4, 0.5) is 0 Å². The van der Waals surface area contributed by atoms with Crippen molar-refractivity contribution in [2.45, 2.75) is 27.7 Å². The van der Waals surface area contributed by atoms with Gasteiger partial charge in [-0.05, 0) is 33.8 Å². The quantitative estimate of drug-likeness (QED) is 0.227. The van der Waals surface area contributed by atoms with Crippen molar-refractivity contribution in [3.63, 3.8) is 0 Å². The van der Waals surface area contributed by atoms with Crippen LogP contribution in [0.1, 0.15) is 27.7 Å². The second-order valence-corrected chi connectivity index (χ2v) is 3.10. The van der Waals surface area contributed by atoms with Crippen molar-refractivity contribution in [1.29, 1.82) is 0 Å². The molecule has 0 aliphatic rings. The van der Waals surface area contributed by atoms with Gasteiger partial charge in [-0.25, -0.2) is 4.79 Å². The number of ether oxygens (including phenoxy) is 1. The maximum absolute atomic E-state index is 11.3. The van der Waals surface area contributed by atoms with Crippen LogP contribution in [0.3, 0.4) is 0 Å². The number of carbonyl (C=O) groups excluding carboxylic acids is 2. The first-order chi connectivity index (χ1) is 6.49. The molecule has 0 atom stereocenters. The molecule has 78 valence electrons. The van der Waals surface area contributed by atoms with E-state index in [0.29, 0.717) is 0 Å². The summed E-state index contributed by atoms with van der Waals surface area (Å²) in [6, 6.07) is 0. The van der Waals surface area contributed by atoms with Gasteiger partial charge in [-0.15, -0.1) is 0 Å². The van der Waals surface area contributed by atoms with Crippen molar-refractivity contribution in [2.75, 3.05) is 6.61 Å². The summed E-state index contributed by atoms with van der Waals surface area (Å²) in [5, 5.41) is 0. The molecule has 14 heavy (non-hydrogen) atoms. The first-order valence-electron chi connectivity index (χ1n) is 4.52. The highest BCUT2D eigenvalue weighted by Crippen LogP contribution is 2.02. The third kappa shape index (κ3) is 4.60. The zero-order valence-electron chi connectivity index (χ0n) is 9.09. The lowest BCUT2D eigenvalue weighted by Crippen LogP contribution is -2.13. The zero-order valence-corrected chi connectivity index (χ0v) is 9.09. The van der Waals surface area contributed by atoms with E-state index in [1.807, 2.05) is 13.8 Å². The van der Waals surface area contributed by atoms with Gasteiger partial charge in [0.25, 0.3) is 0 Å². The maximum Gasteiger partial charge on any atom is 0.341 e. The van der Waals surface area contributed by atoms with E-state index in [4.69, 9.17) is 4.74 Å². The Morgan fingerprint density at radius 1 is 1.14 bits per heavy atom. The molecule has 0 aromatic rings. The summed E-state index contributed by atoms with van der Waals surface area (Å²) in [6.07, 6.45) is 3.21. The van der Waals surface area contributed by atoms with Crippen molar-refractivity contribution < 1.29 is 14.3 Å². The number of ketones is 1. The largest absolute Gasteiger partial charge is 0.462 e. The molecule has 0 saturated carbocycles. The molecule has 0 fully saturated rings. The van der Waals surface area contributed by atoms with Gasteiger partial charge >= 0.3 is 5.97 Å². The van der Waals surface area contributed by atoms with E-state index in [2.05, 4.69) is 0 Å². The predicted molar refractivity (Wildman–Crippen MR) is 54.8 cm³/mol. The summed E-state index contributed by atoms with van der Waals surface area (Å²) in [4.78, 5) is 22.3. The minimum absolute atomic E-state index is 0.0908. The number of Topliss-reactive ketones (excluding diaryl/α,β-unsaturated/α-hetero) is 1. The van der Waals surface area contributed by atoms with E-state index in [1.54, 1.807) is 13.0 Å². The zero-order chi connectivity index (χ0) is 11.1. The number of allylic oxidation sites excluding steroid dienone is 3. The van der Waals surface area contributed by atoms with Crippen LogP contribution in [-0.4, -0.2) is 18.4 Å². The fourth-order valence-electron chi connectivity index (χ4n) is 0.788. The molecule has 3 heteroatoms. The minimum Gasteiger partial charge on any atom is -0.462 e. The summed E-state index contributed by atoms with van der Waals surface area (Å²) >= 11 is 0. The highest BCUT2D eigenvalue weighted by Gasteiger charge is 2.13. The Kier molecular flexibility index (Phi) is 5.53. The summed E-state index contributed by atoms with van der Waals surface area (Å²) in [5.41, 5.74) is 1.11. The van der Waals surface area contributed by atoms with E-state index < -0.39 is 5.97 Å². The van der Waals surface area contributed by atoms with Gasteiger partial charge < -0.3 is 4.74 Å². The van der Waals surface area contributed by atoms with E-state index in [0.717, 1.165) is 5.57 Å². The van der Waals surface area contributed by atoms with Gasteiger partial charge in [0.2, 0.25) is 0 Å². The van der Waals surface area contributed by atoms with Crippen LogP contribution in [0.2, 0.25) is 0 Å². The Morgan fingerprint density at radius 2 is 1.71 bits per heavy atom. The Morgan fingerprint density at radius 3 is 2.07 bits per heavy atom. The van der Waals surface area contributed by atoms with Gasteiger partial charge in [0.1, 0.15) is 5.57 Å². The maximum atomic E-state index is 11.3. The molecule has 0 aliphatic heterocycles. The molecule has 3 nitrogen and oxygen atoms in total. The molecule has 0 N–H and O–H groups in total. The van der Waals surface area contributed by atoms with Crippen molar-refractivity contribution in [3.05, 3.63) is 23.3 Å². The van der Waals surface area contributed by atoms with Crippen molar-refractivity contribution in [1.82, 2.24) is 0 Å². The summed E-state index contributed by atoms with van der Waals surface area (Å²) < 4.78 is 4.74. The van der Waals surface area contributed by atoms with Crippen LogP contribution in [0.5, 0.6) is 0 Å². The summed E-state index contributed by atoms with van der Waals surface area (Å²) in [6.45, 7) is 7.11. The number of rotatable bonds is 4. The molecule has 0 rings (SSSR count). The van der Waals surface area contributed by atoms with E-state index in [9.17, 15) is 9.59 Å². The molecular weight excluding hydrogens is 180 g/mol. The first kappa shape index (κ1) is 12.6. The fourth-order valence-corrected chi connectivity index (χ4v) is 0.788. The van der Waals surface area contributed by atoms with Crippen molar-refractivity contribution in [3.8, 4) is 0 Å². The van der Waals surface area contributed by atoms with Gasteiger partial charge in [-0.1, -0.05) is 11.6 Å². The molecule has 0 aromatic heterocycles. The number of carbonyl (C=O) groups is 2. The summed E-state index contributed by atoms with van der Waals surface area (Å²) in [7, 11) is 0. The molecule has 0 unspecified atom stereocenters. The van der Waals surface area contributed by atoms with Crippen LogP contribution >= 0.6 is 0 Å². The van der Waals surface area contributed by atoms with Gasteiger partial charge in [0.15, 0.2) is 5.78 Å². The van der Waals surface area contributed by atoms with Gasteiger partial charge in [0.05, 0.1) is 6.61 Å². The highest BCUT2D eigenvalue weighted by molar-refractivity contribution is 6.16. The number of hydrogen-bond donors (Lipinski definition) is 0. The van der Waals surface area contributed by atoms with Crippen molar-refractivity contribution >= 4 is 11.8 Å². The standard InChI is InChI=1S/C11H16O3/c1-5-14-11(13)10(9(4)12)7-6-8(2)3/h6-7H,5H2,1-4H3. The predicted octanol–water partition coefficient (Wildman–Crippen LogP) is 2.03. The highest BCUT2D eigenvalue weighted by atomic mass is 16.5. The van der Waals surface area contributed by atoms with Crippen LogP contribution < -0.4 is 0 Å². The average Bonchev–Trinajstić information content (AvgIpc) is 2.03. The van der Waals surface area contributed by atoms with Gasteiger partial charge in [-0.3, -0.25) is 4.79 Å². The Balaban J connectivity index is 4.77. The topological polar surface area (TPSA) is 43.4 Å². The Hall–Kier alpha value is -1.38. The average molecular weight is 196 g/mol. The second kappa shape index (κ2) is 6.13. The normalized spacial score (nSPS) is 10.7. The molecule has 0 saturated heterocycles. The van der Waals surface area contributed by atoms with Crippen molar-refractivity contribution in [2.24, 2.45) is 0 Å². The SMILES string of the molecule is CCOC(=O)C(=CC=C(C)C)C(C)=O. The molecular formula is C11H16O3. The minimum atomic E-state index is -0.558. The van der Waals surface area contributed by atoms with Gasteiger partial charge in [-0.2, -0.15) is 0 Å². The molecule has 0 spiro atoms.